The summed E-state index contributed by atoms with van der Waals surface area (Å²) in [5.74, 6) is 1.28. The number of rotatable bonds is 4. The number of anilines is 1. The molecule has 7 nitrogen and oxygen atoms in total. The van der Waals surface area contributed by atoms with Crippen molar-refractivity contribution in [2.45, 2.75) is 5.88 Å². The van der Waals surface area contributed by atoms with Gasteiger partial charge in [-0.25, -0.2) is 4.98 Å². The summed E-state index contributed by atoms with van der Waals surface area (Å²) in [6.45, 7) is 0.118. The number of fused-ring (bicyclic) bond motifs is 1. The highest BCUT2D eigenvalue weighted by Crippen LogP contribution is 2.11. The Kier molecular flexibility index (Phi) is 3.11. The number of aliphatic hydroxyl groups is 1. The summed E-state index contributed by atoms with van der Waals surface area (Å²) in [5, 5.41) is 8.66. The second-order valence-electron chi connectivity index (χ2n) is 3.10. The first-order chi connectivity index (χ1) is 7.72. The highest BCUT2D eigenvalue weighted by Gasteiger charge is 2.08. The van der Waals surface area contributed by atoms with Gasteiger partial charge in [0.2, 0.25) is 5.95 Å². The summed E-state index contributed by atoms with van der Waals surface area (Å²) in [6, 6.07) is 0. The fourth-order valence-electron chi connectivity index (χ4n) is 1.29. The molecule has 0 aliphatic heterocycles. The molecule has 0 saturated heterocycles. The van der Waals surface area contributed by atoms with Gasteiger partial charge in [-0.15, -0.1) is 11.8 Å². The summed E-state index contributed by atoms with van der Waals surface area (Å²) < 4.78 is 1.72. The van der Waals surface area contributed by atoms with Gasteiger partial charge in [0, 0.05) is 5.75 Å². The molecule has 0 aliphatic carbocycles. The van der Waals surface area contributed by atoms with Crippen LogP contribution in [0.2, 0.25) is 0 Å². The third-order valence-corrected chi connectivity index (χ3v) is 2.89. The van der Waals surface area contributed by atoms with E-state index in [0.29, 0.717) is 17.3 Å². The smallest absolute Gasteiger partial charge is 0.280 e. The second-order valence-corrected chi connectivity index (χ2v) is 4.17. The number of aromatic nitrogens is 4. The third kappa shape index (κ3) is 2.02. The maximum Gasteiger partial charge on any atom is 0.280 e. The molecule has 2 heterocycles. The zero-order valence-electron chi connectivity index (χ0n) is 8.38. The number of hydrogen-bond donors (Lipinski definition) is 3. The van der Waals surface area contributed by atoms with Crippen LogP contribution in [0.15, 0.2) is 11.1 Å². The van der Waals surface area contributed by atoms with Gasteiger partial charge in [0.15, 0.2) is 11.2 Å². The molecule has 0 fully saturated rings. The molecule has 8 heteroatoms. The van der Waals surface area contributed by atoms with Gasteiger partial charge in [-0.2, -0.15) is 4.98 Å². The molecule has 16 heavy (non-hydrogen) atoms. The van der Waals surface area contributed by atoms with Crippen LogP contribution in [-0.4, -0.2) is 37.0 Å². The number of imidazole rings is 1. The van der Waals surface area contributed by atoms with Gasteiger partial charge in [-0.1, -0.05) is 0 Å². The fraction of sp³-hybridized carbons (Fsp3) is 0.375. The summed E-state index contributed by atoms with van der Waals surface area (Å²) in [7, 11) is 0. The highest BCUT2D eigenvalue weighted by atomic mass is 32.2. The molecule has 86 valence electrons. The second kappa shape index (κ2) is 4.54. The maximum absolute atomic E-state index is 11.4. The van der Waals surface area contributed by atoms with E-state index in [-0.39, 0.29) is 23.6 Å². The molecule has 0 saturated carbocycles. The molecular weight excluding hydrogens is 230 g/mol. The lowest BCUT2D eigenvalue weighted by Gasteiger charge is -2.02. The summed E-state index contributed by atoms with van der Waals surface area (Å²) in [5.41, 5.74) is 5.85. The Morgan fingerprint density at radius 3 is 3.19 bits per heavy atom. The molecule has 4 N–H and O–H groups in total. The molecule has 2 aromatic rings. The van der Waals surface area contributed by atoms with Crippen LogP contribution in [0.5, 0.6) is 0 Å². The standard InChI is InChI=1S/C8H11N5O2S/c9-8-11-6-5(7(15)12-8)10-3-13(6)4-16-2-1-14/h3,14H,1-2,4H2,(H3,9,11,12,15). The Bertz CT molecular complexity index is 549. The lowest BCUT2D eigenvalue weighted by atomic mass is 10.5. The lowest BCUT2D eigenvalue weighted by molar-refractivity contribution is 0.322. The van der Waals surface area contributed by atoms with Crippen molar-refractivity contribution in [2.75, 3.05) is 18.1 Å². The Balaban J connectivity index is 2.36. The van der Waals surface area contributed by atoms with Gasteiger partial charge in [0.25, 0.3) is 5.56 Å². The lowest BCUT2D eigenvalue weighted by Crippen LogP contribution is -2.12. The highest BCUT2D eigenvalue weighted by molar-refractivity contribution is 7.98. The van der Waals surface area contributed by atoms with Crippen LogP contribution in [0.4, 0.5) is 5.95 Å². The van der Waals surface area contributed by atoms with E-state index < -0.39 is 0 Å². The number of nitrogen functional groups attached to an aromatic ring is 1. The van der Waals surface area contributed by atoms with Gasteiger partial charge >= 0.3 is 0 Å². The summed E-state index contributed by atoms with van der Waals surface area (Å²) in [4.78, 5) is 21.8. The van der Waals surface area contributed by atoms with Crippen LogP contribution < -0.4 is 11.3 Å². The zero-order valence-corrected chi connectivity index (χ0v) is 9.20. The number of nitrogens with two attached hydrogens (primary N) is 1. The Hall–Kier alpha value is -1.54. The predicted molar refractivity (Wildman–Crippen MR) is 62.1 cm³/mol. The van der Waals surface area contributed by atoms with Crippen molar-refractivity contribution < 1.29 is 5.11 Å². The number of H-pyrrole nitrogens is 1. The molecule has 0 amide bonds. The number of nitrogens with one attached hydrogen (secondary N) is 1. The van der Waals surface area contributed by atoms with Crippen molar-refractivity contribution in [3.8, 4) is 0 Å². The van der Waals surface area contributed by atoms with Gasteiger partial charge in [0.05, 0.1) is 18.8 Å². The first kappa shape index (κ1) is 11.0. The SMILES string of the molecule is Nc1nc2c(ncn2CSCCO)c(=O)[nH]1. The topological polar surface area (TPSA) is 110 Å². The number of aliphatic hydroxyl groups excluding tert-OH is 1. The summed E-state index contributed by atoms with van der Waals surface area (Å²) in [6.07, 6.45) is 1.54. The van der Waals surface area contributed by atoms with Gasteiger partial charge in [0.1, 0.15) is 0 Å². The van der Waals surface area contributed by atoms with Crippen LogP contribution >= 0.6 is 11.8 Å². The molecule has 0 bridgehead atoms. The Morgan fingerprint density at radius 1 is 1.62 bits per heavy atom. The van der Waals surface area contributed by atoms with Crippen LogP contribution in [0.3, 0.4) is 0 Å². The molecule has 0 radical (unpaired) electrons. The van der Waals surface area contributed by atoms with Crippen molar-refractivity contribution in [1.82, 2.24) is 19.5 Å². The number of aromatic amines is 1. The van der Waals surface area contributed by atoms with Crippen LogP contribution in [0.1, 0.15) is 0 Å². The minimum atomic E-state index is -0.339. The number of thioether (sulfide) groups is 1. The van der Waals surface area contributed by atoms with Crippen LogP contribution in [0, 0.1) is 0 Å². The molecule has 0 atom stereocenters. The van der Waals surface area contributed by atoms with Gasteiger partial charge in [-0.3, -0.25) is 9.78 Å². The third-order valence-electron chi connectivity index (χ3n) is 1.96. The maximum atomic E-state index is 11.4. The molecule has 0 aromatic carbocycles. The van der Waals surface area contributed by atoms with Crippen molar-refractivity contribution in [3.05, 3.63) is 16.7 Å². The number of hydrogen-bond acceptors (Lipinski definition) is 6. The average Bonchev–Trinajstić information content (AvgIpc) is 2.62. The van der Waals surface area contributed by atoms with E-state index in [1.807, 2.05) is 0 Å². The molecular formula is C8H11N5O2S. The van der Waals surface area contributed by atoms with E-state index in [4.69, 9.17) is 10.8 Å². The molecule has 0 aliphatic rings. The van der Waals surface area contributed by atoms with Crippen molar-refractivity contribution in [3.63, 3.8) is 0 Å². The normalized spacial score (nSPS) is 11.1. The van der Waals surface area contributed by atoms with E-state index in [1.54, 1.807) is 4.57 Å². The van der Waals surface area contributed by atoms with Crippen LogP contribution in [0.25, 0.3) is 11.2 Å². The van der Waals surface area contributed by atoms with Gasteiger partial charge in [-0.05, 0) is 0 Å². The van der Waals surface area contributed by atoms with Gasteiger partial charge < -0.3 is 15.4 Å². The Labute approximate surface area is 94.7 Å². The van der Waals surface area contributed by atoms with E-state index >= 15 is 0 Å². The van der Waals surface area contributed by atoms with E-state index in [1.165, 1.54) is 18.1 Å². The van der Waals surface area contributed by atoms with Crippen molar-refractivity contribution >= 4 is 28.9 Å². The first-order valence-corrected chi connectivity index (χ1v) is 5.77. The minimum absolute atomic E-state index is 0.0754. The monoisotopic (exact) mass is 241 g/mol. The Morgan fingerprint density at radius 2 is 2.44 bits per heavy atom. The number of nitrogens with zero attached hydrogens (tertiary/aromatic N) is 3. The molecule has 0 spiro atoms. The van der Waals surface area contributed by atoms with Crippen LogP contribution in [-0.2, 0) is 5.88 Å². The molecule has 2 aromatic heterocycles. The largest absolute Gasteiger partial charge is 0.396 e. The molecule has 0 unspecified atom stereocenters. The van der Waals surface area contributed by atoms with E-state index in [2.05, 4.69) is 15.0 Å². The zero-order chi connectivity index (χ0) is 11.5. The summed E-state index contributed by atoms with van der Waals surface area (Å²) >= 11 is 1.52. The quantitative estimate of drug-likeness (QED) is 0.616. The van der Waals surface area contributed by atoms with E-state index in [9.17, 15) is 4.79 Å². The van der Waals surface area contributed by atoms with E-state index in [0.717, 1.165) is 0 Å². The van der Waals surface area contributed by atoms with Crippen molar-refractivity contribution in [2.24, 2.45) is 0 Å². The minimum Gasteiger partial charge on any atom is -0.396 e. The fourth-order valence-corrected chi connectivity index (χ4v) is 1.94. The van der Waals surface area contributed by atoms with Crippen molar-refractivity contribution in [1.29, 1.82) is 0 Å². The first-order valence-electron chi connectivity index (χ1n) is 4.61. The average molecular weight is 241 g/mol. The predicted octanol–water partition coefficient (Wildman–Crippen LogP) is -0.615. The molecule has 2 rings (SSSR count).